The van der Waals surface area contributed by atoms with E-state index < -0.39 is 35.0 Å². The molecule has 0 saturated heterocycles. The lowest BCUT2D eigenvalue weighted by Gasteiger charge is -2.31. The Bertz CT molecular complexity index is 597. The van der Waals surface area contributed by atoms with Gasteiger partial charge in [-0.2, -0.15) is 0 Å². The van der Waals surface area contributed by atoms with Crippen LogP contribution >= 0.6 is 0 Å². The molecule has 1 atom stereocenters. The molecule has 7 heteroatoms. The fourth-order valence-corrected chi connectivity index (χ4v) is 2.14. The number of benzene rings is 1. The Balaban J connectivity index is 2.76. The van der Waals surface area contributed by atoms with Gasteiger partial charge in [0.15, 0.2) is 0 Å². The second-order valence-electron chi connectivity index (χ2n) is 7.32. The number of hydrogen-bond acceptors (Lipinski definition) is 4. The molecule has 1 aromatic rings. The second kappa shape index (κ2) is 7.51. The first-order chi connectivity index (χ1) is 10.9. The van der Waals surface area contributed by atoms with E-state index in [2.05, 4.69) is 10.6 Å². The first-order valence-electron chi connectivity index (χ1n) is 7.70. The number of alkyl carbamates (subject to hydrolysis) is 1. The van der Waals surface area contributed by atoms with Crippen LogP contribution in [0, 0.1) is 5.82 Å². The molecule has 0 saturated carbocycles. The standard InChI is InChI=1S/C17H26FN3O3/c1-16(2,3)24-15(23)21-17(4,5)10-13(14(19)22)20-12-8-6-7-11(18)9-12/h6-9,13,20H,10H2,1-5H3,(H2,19,22)(H,21,23). The Morgan fingerprint density at radius 2 is 1.88 bits per heavy atom. The van der Waals surface area contributed by atoms with Crippen LogP contribution in [0.2, 0.25) is 0 Å². The molecule has 0 spiro atoms. The molecular formula is C17H26FN3O3. The minimum absolute atomic E-state index is 0.206. The predicted octanol–water partition coefficient (Wildman–Crippen LogP) is 2.78. The zero-order valence-electron chi connectivity index (χ0n) is 14.8. The summed E-state index contributed by atoms with van der Waals surface area (Å²) in [5.41, 5.74) is 4.48. The Hall–Kier alpha value is -2.31. The van der Waals surface area contributed by atoms with E-state index in [0.717, 1.165) is 0 Å². The molecule has 0 radical (unpaired) electrons. The van der Waals surface area contributed by atoms with Gasteiger partial charge in [0.25, 0.3) is 0 Å². The largest absolute Gasteiger partial charge is 0.444 e. The Kier molecular flexibility index (Phi) is 6.17. The molecule has 6 nitrogen and oxygen atoms in total. The van der Waals surface area contributed by atoms with Gasteiger partial charge in [-0.3, -0.25) is 4.79 Å². The fraction of sp³-hybridized carbons (Fsp3) is 0.529. The van der Waals surface area contributed by atoms with E-state index in [1.54, 1.807) is 40.7 Å². The van der Waals surface area contributed by atoms with Crippen LogP contribution in [0.25, 0.3) is 0 Å². The van der Waals surface area contributed by atoms with Gasteiger partial charge in [0.1, 0.15) is 17.5 Å². The molecule has 0 aliphatic heterocycles. The molecule has 0 fully saturated rings. The Morgan fingerprint density at radius 3 is 2.38 bits per heavy atom. The lowest BCUT2D eigenvalue weighted by Crippen LogP contribution is -2.51. The summed E-state index contributed by atoms with van der Waals surface area (Å²) in [4.78, 5) is 23.6. The van der Waals surface area contributed by atoms with Crippen molar-refractivity contribution in [2.45, 2.75) is 58.2 Å². The van der Waals surface area contributed by atoms with Crippen molar-refractivity contribution in [3.05, 3.63) is 30.1 Å². The summed E-state index contributed by atoms with van der Waals surface area (Å²) in [6.45, 7) is 8.78. The van der Waals surface area contributed by atoms with Crippen molar-refractivity contribution in [1.29, 1.82) is 0 Å². The van der Waals surface area contributed by atoms with Crippen LogP contribution in [-0.2, 0) is 9.53 Å². The van der Waals surface area contributed by atoms with E-state index in [-0.39, 0.29) is 6.42 Å². The SMILES string of the molecule is CC(C)(CC(Nc1cccc(F)c1)C(N)=O)NC(=O)OC(C)(C)C. The molecule has 1 rings (SSSR count). The van der Waals surface area contributed by atoms with Gasteiger partial charge < -0.3 is 21.1 Å². The van der Waals surface area contributed by atoms with Gasteiger partial charge in [-0.1, -0.05) is 6.07 Å². The first-order valence-corrected chi connectivity index (χ1v) is 7.70. The van der Waals surface area contributed by atoms with E-state index in [1.807, 2.05) is 0 Å². The maximum absolute atomic E-state index is 13.3. The average Bonchev–Trinajstić information content (AvgIpc) is 2.34. The fourth-order valence-electron chi connectivity index (χ4n) is 2.14. The number of carbonyl (C=O) groups is 2. The number of nitrogens with one attached hydrogen (secondary N) is 2. The molecule has 1 unspecified atom stereocenters. The topological polar surface area (TPSA) is 93.5 Å². The molecule has 24 heavy (non-hydrogen) atoms. The van der Waals surface area contributed by atoms with E-state index in [4.69, 9.17) is 10.5 Å². The summed E-state index contributed by atoms with van der Waals surface area (Å²) in [5, 5.41) is 5.60. The highest BCUT2D eigenvalue weighted by atomic mass is 19.1. The van der Waals surface area contributed by atoms with Crippen molar-refractivity contribution in [3.63, 3.8) is 0 Å². The summed E-state index contributed by atoms with van der Waals surface area (Å²) in [7, 11) is 0. The van der Waals surface area contributed by atoms with Crippen molar-refractivity contribution >= 4 is 17.7 Å². The third-order valence-electron chi connectivity index (χ3n) is 3.06. The number of hydrogen-bond donors (Lipinski definition) is 3. The molecule has 134 valence electrons. The predicted molar refractivity (Wildman–Crippen MR) is 91.1 cm³/mol. The maximum atomic E-state index is 13.3. The van der Waals surface area contributed by atoms with Gasteiger partial charge >= 0.3 is 6.09 Å². The molecule has 0 aromatic heterocycles. The van der Waals surface area contributed by atoms with E-state index >= 15 is 0 Å². The number of amides is 2. The van der Waals surface area contributed by atoms with Crippen LogP contribution in [0.5, 0.6) is 0 Å². The second-order valence-corrected chi connectivity index (χ2v) is 7.32. The van der Waals surface area contributed by atoms with Gasteiger partial charge in [-0.25, -0.2) is 9.18 Å². The number of anilines is 1. The molecular weight excluding hydrogens is 313 g/mol. The third kappa shape index (κ3) is 7.30. The zero-order chi connectivity index (χ0) is 18.5. The summed E-state index contributed by atoms with van der Waals surface area (Å²) in [6.07, 6.45) is -0.376. The highest BCUT2D eigenvalue weighted by Gasteiger charge is 2.30. The van der Waals surface area contributed by atoms with Gasteiger partial charge in [-0.05, 0) is 59.2 Å². The minimum Gasteiger partial charge on any atom is -0.444 e. The normalized spacial score (nSPS) is 13.1. The quantitative estimate of drug-likeness (QED) is 0.743. The van der Waals surface area contributed by atoms with Crippen LogP contribution in [0.3, 0.4) is 0 Å². The molecule has 2 amide bonds. The summed E-state index contributed by atoms with van der Waals surface area (Å²) < 4.78 is 18.5. The van der Waals surface area contributed by atoms with Crippen LogP contribution in [0.15, 0.2) is 24.3 Å². The van der Waals surface area contributed by atoms with Crippen LogP contribution < -0.4 is 16.4 Å². The number of ether oxygens (including phenoxy) is 1. The number of rotatable bonds is 6. The zero-order valence-corrected chi connectivity index (χ0v) is 14.8. The van der Waals surface area contributed by atoms with Gasteiger partial charge in [0, 0.05) is 11.2 Å². The number of carbonyl (C=O) groups excluding carboxylic acids is 2. The maximum Gasteiger partial charge on any atom is 0.408 e. The minimum atomic E-state index is -0.781. The van der Waals surface area contributed by atoms with Crippen LogP contribution in [-0.4, -0.2) is 29.2 Å². The highest BCUT2D eigenvalue weighted by molar-refractivity contribution is 5.83. The van der Waals surface area contributed by atoms with Gasteiger partial charge in [0.2, 0.25) is 5.91 Å². The number of primary amides is 1. The summed E-state index contributed by atoms with van der Waals surface area (Å²) >= 11 is 0. The lowest BCUT2D eigenvalue weighted by atomic mass is 9.94. The van der Waals surface area contributed by atoms with Gasteiger partial charge in [0.05, 0.1) is 0 Å². The highest BCUT2D eigenvalue weighted by Crippen LogP contribution is 2.18. The van der Waals surface area contributed by atoms with Crippen molar-refractivity contribution in [3.8, 4) is 0 Å². The van der Waals surface area contributed by atoms with Crippen molar-refractivity contribution < 1.29 is 18.7 Å². The third-order valence-corrected chi connectivity index (χ3v) is 3.06. The molecule has 1 aromatic carbocycles. The Labute approximate surface area is 141 Å². The average molecular weight is 339 g/mol. The monoisotopic (exact) mass is 339 g/mol. The smallest absolute Gasteiger partial charge is 0.408 e. The molecule has 0 aliphatic rings. The number of halogens is 1. The van der Waals surface area contributed by atoms with E-state index in [0.29, 0.717) is 5.69 Å². The number of nitrogens with two attached hydrogens (primary N) is 1. The summed E-state index contributed by atoms with van der Waals surface area (Å²) in [5.74, 6) is -1.02. The van der Waals surface area contributed by atoms with Crippen molar-refractivity contribution in [1.82, 2.24) is 5.32 Å². The van der Waals surface area contributed by atoms with E-state index in [9.17, 15) is 14.0 Å². The van der Waals surface area contributed by atoms with E-state index in [1.165, 1.54) is 18.2 Å². The molecule has 0 heterocycles. The van der Waals surface area contributed by atoms with Crippen molar-refractivity contribution in [2.24, 2.45) is 5.73 Å². The van der Waals surface area contributed by atoms with Crippen LogP contribution in [0.1, 0.15) is 41.0 Å². The summed E-state index contributed by atoms with van der Waals surface area (Å²) in [6, 6.07) is 4.95. The molecule has 0 bridgehead atoms. The lowest BCUT2D eigenvalue weighted by molar-refractivity contribution is -0.119. The van der Waals surface area contributed by atoms with Crippen molar-refractivity contribution in [2.75, 3.05) is 5.32 Å². The molecule has 0 aliphatic carbocycles. The van der Waals surface area contributed by atoms with Gasteiger partial charge in [-0.15, -0.1) is 0 Å². The Morgan fingerprint density at radius 1 is 1.25 bits per heavy atom. The molecule has 4 N–H and O–H groups in total. The first kappa shape index (κ1) is 19.7. The van der Waals surface area contributed by atoms with Crippen LogP contribution in [0.4, 0.5) is 14.9 Å².